The zero-order chi connectivity index (χ0) is 48.4. The summed E-state index contributed by atoms with van der Waals surface area (Å²) in [6.07, 6.45) is 4.74. The molecule has 0 saturated heterocycles. The predicted molar refractivity (Wildman–Crippen MR) is 250 cm³/mol. The maximum absolute atomic E-state index is 13.1. The standard InChI is InChI=1S/C26H29N5O5S.C21H27N5O4/c1-14-22(24(34)31-19(25(35)36-3)13-27-23(33)21-8-5-11-37-21)15(2)29-26(28-14)30-17-10-9-16-6-4-7-20(32)18(16)12-17;1-11-18(19(28)26-16(10-22)20(29)30-3)12(2)24-21(23-11)25-14-8-7-13-5-4-6-17(27)15(13)9-14/h4-8,11,17,19,32H,9-10,12-13H2,1-3H3,(H,27,33)(H,31,34)(H,28,29,30);4-6,14,16,27H,7-10,22H2,1-3H3,(H,26,28)(H,23,24,25)/t17?,19-;14?,16-/m00/s1. The molecule has 2 unspecified atom stereocenters. The lowest BCUT2D eigenvalue weighted by atomic mass is 9.88. The van der Waals surface area contributed by atoms with Gasteiger partial charge in [0.05, 0.1) is 53.0 Å². The van der Waals surface area contributed by atoms with E-state index in [1.165, 1.54) is 25.6 Å². The zero-order valence-corrected chi connectivity index (χ0v) is 39.0. The summed E-state index contributed by atoms with van der Waals surface area (Å²) >= 11 is 1.27. The number of benzene rings is 2. The molecule has 5 aromatic rings. The molecule has 0 saturated carbocycles. The van der Waals surface area contributed by atoms with Gasteiger partial charge in [0.15, 0.2) is 0 Å². The predicted octanol–water partition coefficient (Wildman–Crippen LogP) is 3.53. The number of anilines is 2. The maximum Gasteiger partial charge on any atom is 0.330 e. The molecule has 3 aromatic heterocycles. The van der Waals surface area contributed by atoms with Gasteiger partial charge in [-0.25, -0.2) is 29.5 Å². The van der Waals surface area contributed by atoms with Crippen LogP contribution in [0, 0.1) is 27.7 Å². The average molecular weight is 937 g/mol. The summed E-state index contributed by atoms with van der Waals surface area (Å²) in [4.78, 5) is 80.3. The fraction of sp³-hybridized carbons (Fsp3) is 0.383. The molecule has 0 aliphatic heterocycles. The van der Waals surface area contributed by atoms with Gasteiger partial charge in [0.25, 0.3) is 17.7 Å². The molecule has 0 radical (unpaired) electrons. The highest BCUT2D eigenvalue weighted by Gasteiger charge is 2.29. The van der Waals surface area contributed by atoms with Crippen LogP contribution in [0.15, 0.2) is 53.9 Å². The number of aromatic hydroxyl groups is 2. The van der Waals surface area contributed by atoms with E-state index in [1.807, 2.05) is 24.3 Å². The van der Waals surface area contributed by atoms with E-state index in [9.17, 15) is 34.2 Å². The van der Waals surface area contributed by atoms with Crippen LogP contribution in [0.4, 0.5) is 11.9 Å². The van der Waals surface area contributed by atoms with Gasteiger partial charge >= 0.3 is 11.9 Å². The van der Waals surface area contributed by atoms with Crippen molar-refractivity contribution in [1.82, 2.24) is 35.9 Å². The van der Waals surface area contributed by atoms with Gasteiger partial charge in [-0.05, 0) is 112 Å². The van der Waals surface area contributed by atoms with E-state index in [0.29, 0.717) is 63.7 Å². The number of amides is 3. The summed E-state index contributed by atoms with van der Waals surface area (Å²) in [5.41, 5.74) is 12.1. The number of thiophene rings is 1. The Kier molecular flexibility index (Phi) is 16.4. The minimum absolute atomic E-state index is 0.0370. The summed E-state index contributed by atoms with van der Waals surface area (Å²) < 4.78 is 9.45. The minimum Gasteiger partial charge on any atom is -0.508 e. The van der Waals surface area contributed by atoms with Crippen LogP contribution in [0.2, 0.25) is 0 Å². The van der Waals surface area contributed by atoms with Crippen LogP contribution in [0.25, 0.3) is 0 Å². The summed E-state index contributed by atoms with van der Waals surface area (Å²) in [7, 11) is 2.45. The molecular formula is C47H56N10O9S. The third-order valence-electron chi connectivity index (χ3n) is 11.6. The van der Waals surface area contributed by atoms with Crippen molar-refractivity contribution >= 4 is 52.9 Å². The minimum atomic E-state index is -1.09. The number of phenols is 2. The summed E-state index contributed by atoms with van der Waals surface area (Å²) in [6.45, 7) is 6.61. The lowest BCUT2D eigenvalue weighted by molar-refractivity contribution is -0.143. The van der Waals surface area contributed by atoms with Crippen LogP contribution < -0.4 is 32.3 Å². The van der Waals surface area contributed by atoms with Gasteiger partial charge in [0.1, 0.15) is 23.6 Å². The van der Waals surface area contributed by atoms with Crippen LogP contribution >= 0.6 is 11.3 Å². The van der Waals surface area contributed by atoms with Crippen molar-refractivity contribution in [3.8, 4) is 11.5 Å². The largest absolute Gasteiger partial charge is 0.508 e. The van der Waals surface area contributed by atoms with Gasteiger partial charge in [-0.1, -0.05) is 30.3 Å². The van der Waals surface area contributed by atoms with Crippen molar-refractivity contribution in [3.63, 3.8) is 0 Å². The molecule has 0 bridgehead atoms. The molecule has 20 heteroatoms. The van der Waals surface area contributed by atoms with E-state index in [4.69, 9.17) is 10.5 Å². The molecule has 3 heterocycles. The van der Waals surface area contributed by atoms with E-state index in [-0.39, 0.29) is 42.4 Å². The van der Waals surface area contributed by atoms with Crippen molar-refractivity contribution in [1.29, 1.82) is 0 Å². The number of nitrogens with zero attached hydrogens (tertiary/aromatic N) is 4. The highest BCUT2D eigenvalue weighted by atomic mass is 32.1. The van der Waals surface area contributed by atoms with E-state index >= 15 is 0 Å². The number of nitrogens with one attached hydrogen (secondary N) is 5. The molecule has 9 N–H and O–H groups in total. The van der Waals surface area contributed by atoms with Crippen molar-refractivity contribution in [2.45, 2.75) is 90.4 Å². The number of rotatable bonds is 14. The van der Waals surface area contributed by atoms with Crippen molar-refractivity contribution in [2.75, 3.05) is 37.9 Å². The highest BCUT2D eigenvalue weighted by molar-refractivity contribution is 7.12. The normalized spacial score (nSPS) is 15.7. The number of carbonyl (C=O) groups is 5. The van der Waals surface area contributed by atoms with Gasteiger partial charge in [0, 0.05) is 25.2 Å². The summed E-state index contributed by atoms with van der Waals surface area (Å²) in [5, 5.41) is 36.6. The van der Waals surface area contributed by atoms with Gasteiger partial charge in [0.2, 0.25) is 11.9 Å². The molecule has 2 aromatic carbocycles. The van der Waals surface area contributed by atoms with Crippen molar-refractivity contribution in [2.24, 2.45) is 5.73 Å². The number of phenolic OH excluding ortho intramolecular Hbond substituents is 2. The Morgan fingerprint density at radius 1 is 0.672 bits per heavy atom. The number of nitrogens with two attached hydrogens (primary N) is 1. The molecule has 7 rings (SSSR count). The van der Waals surface area contributed by atoms with E-state index in [1.54, 1.807) is 57.3 Å². The second kappa shape index (κ2) is 22.3. The number of hydrogen-bond donors (Lipinski definition) is 8. The Hall–Kier alpha value is -7.19. The van der Waals surface area contributed by atoms with Crippen LogP contribution in [-0.2, 0) is 44.7 Å². The molecule has 67 heavy (non-hydrogen) atoms. The monoisotopic (exact) mass is 936 g/mol. The summed E-state index contributed by atoms with van der Waals surface area (Å²) in [5.74, 6) is -1.25. The van der Waals surface area contributed by atoms with Gasteiger partial charge in [-0.3, -0.25) is 14.4 Å². The molecule has 4 atom stereocenters. The maximum atomic E-state index is 13.1. The van der Waals surface area contributed by atoms with E-state index in [0.717, 1.165) is 47.9 Å². The number of aryl methyl sites for hydroxylation is 6. The lowest BCUT2D eigenvalue weighted by Gasteiger charge is -2.26. The topological polar surface area (TPSA) is 282 Å². The second-order valence-electron chi connectivity index (χ2n) is 16.2. The molecule has 0 fully saturated rings. The number of hydrogen-bond acceptors (Lipinski definition) is 17. The third-order valence-corrected chi connectivity index (χ3v) is 12.5. The second-order valence-corrected chi connectivity index (χ2v) is 17.2. The number of methoxy groups -OCH3 is 2. The highest BCUT2D eigenvalue weighted by Crippen LogP contribution is 2.31. The number of carbonyl (C=O) groups excluding carboxylic acids is 5. The fourth-order valence-corrected chi connectivity index (χ4v) is 8.85. The number of ether oxygens (including phenoxy) is 2. The first-order valence-corrected chi connectivity index (χ1v) is 22.6. The SMILES string of the molecule is COC(=O)[C@H](CN)NC(=O)c1c(C)nc(NC2CCc3cccc(O)c3C2)nc1C.COC(=O)[C@H](CNC(=O)c1cccs1)NC(=O)c1c(C)nc(NC2CCc3cccc(O)c3C2)nc1C. The number of esters is 2. The molecule has 2 aliphatic rings. The lowest BCUT2D eigenvalue weighted by Crippen LogP contribution is -2.49. The van der Waals surface area contributed by atoms with Gasteiger partial charge in [-0.2, -0.15) is 0 Å². The Morgan fingerprint density at radius 2 is 1.12 bits per heavy atom. The third kappa shape index (κ3) is 12.2. The smallest absolute Gasteiger partial charge is 0.330 e. The fourth-order valence-electron chi connectivity index (χ4n) is 8.21. The average Bonchev–Trinajstić information content (AvgIpc) is 3.85. The Labute approximate surface area is 391 Å². The van der Waals surface area contributed by atoms with Crippen LogP contribution in [-0.4, -0.2) is 111 Å². The molecular weight excluding hydrogens is 881 g/mol. The van der Waals surface area contributed by atoms with Crippen LogP contribution in [0.3, 0.4) is 0 Å². The van der Waals surface area contributed by atoms with Gasteiger partial charge in [-0.15, -0.1) is 11.3 Å². The Bertz CT molecular complexity index is 2580. The number of fused-ring (bicyclic) bond motifs is 2. The molecule has 354 valence electrons. The zero-order valence-electron chi connectivity index (χ0n) is 38.2. The molecule has 2 aliphatic carbocycles. The first kappa shape index (κ1) is 49.2. The molecule has 0 spiro atoms. The number of aromatic nitrogens is 4. The van der Waals surface area contributed by atoms with E-state index < -0.39 is 35.8 Å². The molecule has 3 amide bonds. The molecule has 19 nitrogen and oxygen atoms in total. The van der Waals surface area contributed by atoms with Gasteiger partial charge < -0.3 is 52.0 Å². The first-order valence-electron chi connectivity index (χ1n) is 21.7. The van der Waals surface area contributed by atoms with Crippen molar-refractivity contribution < 1.29 is 43.7 Å². The quantitative estimate of drug-likeness (QED) is 0.0740. The Balaban J connectivity index is 0.000000226. The Morgan fingerprint density at radius 3 is 1.54 bits per heavy atom. The first-order chi connectivity index (χ1) is 32.1. The van der Waals surface area contributed by atoms with Crippen LogP contribution in [0.5, 0.6) is 11.5 Å². The summed E-state index contributed by atoms with van der Waals surface area (Å²) in [6, 6.07) is 12.7. The van der Waals surface area contributed by atoms with Crippen LogP contribution in [0.1, 0.15) is 88.3 Å². The van der Waals surface area contributed by atoms with E-state index in [2.05, 4.69) is 51.3 Å². The van der Waals surface area contributed by atoms with Crippen molar-refractivity contribution in [3.05, 3.63) is 115 Å².